The molecule has 4 nitrogen and oxygen atoms in total. The van der Waals surface area contributed by atoms with Crippen LogP contribution in [0.4, 0.5) is 5.69 Å². The van der Waals surface area contributed by atoms with E-state index in [4.69, 9.17) is 17.3 Å². The Bertz CT molecular complexity index is 536. The highest BCUT2D eigenvalue weighted by atomic mass is 35.5. The van der Waals surface area contributed by atoms with Gasteiger partial charge in [-0.1, -0.05) is 24.6 Å². The molecular weight excluding hydrogens is 284 g/mol. The van der Waals surface area contributed by atoms with Crippen molar-refractivity contribution in [1.82, 2.24) is 4.31 Å². The molecule has 0 unspecified atom stereocenters. The fourth-order valence-electron chi connectivity index (χ4n) is 2.07. The number of nitrogen functional groups attached to an aromatic ring is 1. The van der Waals surface area contributed by atoms with E-state index in [1.54, 1.807) is 18.2 Å². The van der Waals surface area contributed by atoms with Crippen LogP contribution in [0.2, 0.25) is 5.02 Å². The molecule has 1 saturated carbocycles. The first kappa shape index (κ1) is 14.6. The smallest absolute Gasteiger partial charge is 0.246 e. The summed E-state index contributed by atoms with van der Waals surface area (Å²) in [6, 6.07) is 4.79. The standard InChI is InChI=1S/C13H19ClN2O2S/c1-2-8-16(9-10-6-7-10)19(17,18)13-11(14)4-3-5-12(13)15/h3-5,10H,2,6-9,15H2,1H3. The number of halogens is 1. The summed E-state index contributed by atoms with van der Waals surface area (Å²) in [6.07, 6.45) is 2.98. The summed E-state index contributed by atoms with van der Waals surface area (Å²) in [5, 5.41) is 0.192. The van der Waals surface area contributed by atoms with E-state index in [-0.39, 0.29) is 15.6 Å². The second-order valence-electron chi connectivity index (χ2n) is 4.96. The monoisotopic (exact) mass is 302 g/mol. The molecule has 19 heavy (non-hydrogen) atoms. The second kappa shape index (κ2) is 5.69. The van der Waals surface area contributed by atoms with Gasteiger partial charge in [0, 0.05) is 13.1 Å². The molecule has 0 aromatic heterocycles. The Kier molecular flexibility index (Phi) is 4.38. The van der Waals surface area contributed by atoms with Crippen LogP contribution >= 0.6 is 11.6 Å². The number of sulfonamides is 1. The van der Waals surface area contributed by atoms with Crippen LogP contribution in [0.15, 0.2) is 23.1 Å². The van der Waals surface area contributed by atoms with Crippen molar-refractivity contribution in [2.75, 3.05) is 18.8 Å². The van der Waals surface area contributed by atoms with Crippen LogP contribution in [0.3, 0.4) is 0 Å². The second-order valence-corrected chi connectivity index (χ2v) is 7.25. The molecular formula is C13H19ClN2O2S. The molecule has 0 aliphatic heterocycles. The maximum atomic E-state index is 12.7. The lowest BCUT2D eigenvalue weighted by molar-refractivity contribution is 0.396. The molecule has 106 valence electrons. The van der Waals surface area contributed by atoms with Crippen LogP contribution in [0, 0.1) is 5.92 Å². The Hall–Kier alpha value is -0.780. The molecule has 2 N–H and O–H groups in total. The van der Waals surface area contributed by atoms with E-state index in [0.29, 0.717) is 19.0 Å². The van der Waals surface area contributed by atoms with Crippen molar-refractivity contribution in [2.45, 2.75) is 31.1 Å². The maximum Gasteiger partial charge on any atom is 0.246 e. The van der Waals surface area contributed by atoms with Gasteiger partial charge in [0.2, 0.25) is 10.0 Å². The highest BCUT2D eigenvalue weighted by Gasteiger charge is 2.33. The van der Waals surface area contributed by atoms with Crippen molar-refractivity contribution < 1.29 is 8.42 Å². The van der Waals surface area contributed by atoms with Gasteiger partial charge in [0.05, 0.1) is 10.7 Å². The SMILES string of the molecule is CCCN(CC1CC1)S(=O)(=O)c1c(N)cccc1Cl. The summed E-state index contributed by atoms with van der Waals surface area (Å²) in [4.78, 5) is 0.0470. The minimum Gasteiger partial charge on any atom is -0.398 e. The van der Waals surface area contributed by atoms with Gasteiger partial charge in [-0.25, -0.2) is 8.42 Å². The Labute approximate surface area is 119 Å². The Morgan fingerprint density at radius 1 is 1.42 bits per heavy atom. The fourth-order valence-corrected chi connectivity index (χ4v) is 4.32. The minimum absolute atomic E-state index is 0.0470. The number of nitrogens with two attached hydrogens (primary N) is 1. The van der Waals surface area contributed by atoms with Gasteiger partial charge in [0.1, 0.15) is 4.90 Å². The van der Waals surface area contributed by atoms with Gasteiger partial charge in [0.25, 0.3) is 0 Å². The lowest BCUT2D eigenvalue weighted by Crippen LogP contribution is -2.34. The zero-order valence-corrected chi connectivity index (χ0v) is 12.5. The van der Waals surface area contributed by atoms with Gasteiger partial charge in [-0.15, -0.1) is 0 Å². The molecule has 1 aliphatic rings. The predicted octanol–water partition coefficient (Wildman–Crippen LogP) is 2.73. The zero-order chi connectivity index (χ0) is 14.0. The topological polar surface area (TPSA) is 63.4 Å². The van der Waals surface area contributed by atoms with E-state index in [2.05, 4.69) is 0 Å². The fraction of sp³-hybridized carbons (Fsp3) is 0.538. The average Bonchev–Trinajstić information content (AvgIpc) is 3.12. The molecule has 0 amide bonds. The molecule has 1 fully saturated rings. The number of nitrogens with zero attached hydrogens (tertiary/aromatic N) is 1. The molecule has 0 heterocycles. The van der Waals surface area contributed by atoms with E-state index in [9.17, 15) is 8.42 Å². The molecule has 1 aromatic rings. The van der Waals surface area contributed by atoms with Crippen LogP contribution in [0.1, 0.15) is 26.2 Å². The minimum atomic E-state index is -3.60. The van der Waals surface area contributed by atoms with E-state index >= 15 is 0 Å². The molecule has 0 atom stereocenters. The van der Waals surface area contributed by atoms with Crippen molar-refractivity contribution in [3.05, 3.63) is 23.2 Å². The molecule has 0 spiro atoms. The molecule has 6 heteroatoms. The van der Waals surface area contributed by atoms with Crippen molar-refractivity contribution in [3.63, 3.8) is 0 Å². The van der Waals surface area contributed by atoms with Gasteiger partial charge in [-0.2, -0.15) is 4.31 Å². The van der Waals surface area contributed by atoms with E-state index in [0.717, 1.165) is 19.3 Å². The molecule has 2 rings (SSSR count). The van der Waals surface area contributed by atoms with Crippen LogP contribution in [-0.4, -0.2) is 25.8 Å². The van der Waals surface area contributed by atoms with Gasteiger partial charge < -0.3 is 5.73 Å². The summed E-state index contributed by atoms with van der Waals surface area (Å²) in [7, 11) is -3.60. The van der Waals surface area contributed by atoms with Crippen molar-refractivity contribution in [3.8, 4) is 0 Å². The zero-order valence-electron chi connectivity index (χ0n) is 11.0. The van der Waals surface area contributed by atoms with Gasteiger partial charge in [-0.3, -0.25) is 0 Å². The van der Waals surface area contributed by atoms with Crippen LogP contribution < -0.4 is 5.73 Å². The first-order valence-corrected chi connectivity index (χ1v) is 8.32. The van der Waals surface area contributed by atoms with Crippen LogP contribution in [-0.2, 0) is 10.0 Å². The maximum absolute atomic E-state index is 12.7. The molecule has 1 aliphatic carbocycles. The Balaban J connectivity index is 2.37. The van der Waals surface area contributed by atoms with Crippen LogP contribution in [0.5, 0.6) is 0 Å². The van der Waals surface area contributed by atoms with Gasteiger partial charge >= 0.3 is 0 Å². The third-order valence-electron chi connectivity index (χ3n) is 3.23. The first-order valence-electron chi connectivity index (χ1n) is 6.51. The number of rotatable bonds is 6. The van der Waals surface area contributed by atoms with Crippen molar-refractivity contribution in [1.29, 1.82) is 0 Å². The molecule has 0 radical (unpaired) electrons. The predicted molar refractivity (Wildman–Crippen MR) is 77.6 cm³/mol. The van der Waals surface area contributed by atoms with Gasteiger partial charge in [0.15, 0.2) is 0 Å². The molecule has 0 bridgehead atoms. The van der Waals surface area contributed by atoms with E-state index < -0.39 is 10.0 Å². The van der Waals surface area contributed by atoms with Gasteiger partial charge in [-0.05, 0) is 37.3 Å². The third-order valence-corrected chi connectivity index (χ3v) is 5.64. The Morgan fingerprint density at radius 2 is 2.11 bits per heavy atom. The largest absolute Gasteiger partial charge is 0.398 e. The summed E-state index contributed by atoms with van der Waals surface area (Å²) < 4.78 is 26.9. The summed E-state index contributed by atoms with van der Waals surface area (Å²) in [5.74, 6) is 0.491. The molecule has 1 aromatic carbocycles. The Morgan fingerprint density at radius 3 is 2.63 bits per heavy atom. The highest BCUT2D eigenvalue weighted by molar-refractivity contribution is 7.89. The number of hydrogen-bond acceptors (Lipinski definition) is 3. The van der Waals surface area contributed by atoms with Crippen molar-refractivity contribution in [2.24, 2.45) is 5.92 Å². The van der Waals surface area contributed by atoms with E-state index in [1.807, 2.05) is 6.92 Å². The summed E-state index contributed by atoms with van der Waals surface area (Å²) >= 11 is 6.02. The number of hydrogen-bond donors (Lipinski definition) is 1. The number of anilines is 1. The van der Waals surface area contributed by atoms with Crippen molar-refractivity contribution >= 4 is 27.3 Å². The summed E-state index contributed by atoms with van der Waals surface area (Å²) in [6.45, 7) is 3.04. The summed E-state index contributed by atoms with van der Waals surface area (Å²) in [5.41, 5.74) is 6.01. The number of benzene rings is 1. The van der Waals surface area contributed by atoms with E-state index in [1.165, 1.54) is 4.31 Å². The lowest BCUT2D eigenvalue weighted by Gasteiger charge is -2.23. The normalized spacial score (nSPS) is 15.9. The first-order chi connectivity index (χ1) is 8.96. The van der Waals surface area contributed by atoms with Crippen LogP contribution in [0.25, 0.3) is 0 Å². The highest BCUT2D eigenvalue weighted by Crippen LogP contribution is 2.34. The quantitative estimate of drug-likeness (QED) is 0.822. The third kappa shape index (κ3) is 3.22. The average molecular weight is 303 g/mol. The molecule has 0 saturated heterocycles. The lowest BCUT2D eigenvalue weighted by atomic mass is 10.3.